The molecule has 1 amide bonds. The lowest BCUT2D eigenvalue weighted by Gasteiger charge is -2.32. The van der Waals surface area contributed by atoms with Crippen molar-refractivity contribution in [3.8, 4) is 0 Å². The molecule has 1 saturated carbocycles. The normalized spacial score (nSPS) is 17.7. The smallest absolute Gasteiger partial charge is 0.283 e. The molecule has 0 bridgehead atoms. The van der Waals surface area contributed by atoms with Crippen molar-refractivity contribution in [2.24, 2.45) is 7.05 Å². The van der Waals surface area contributed by atoms with Gasteiger partial charge in [-0.1, -0.05) is 30.3 Å². The van der Waals surface area contributed by atoms with E-state index < -0.39 is 29.5 Å². The maximum absolute atomic E-state index is 14.6. The number of amides is 1. The van der Waals surface area contributed by atoms with Crippen LogP contribution in [0.2, 0.25) is 0 Å². The fourth-order valence-electron chi connectivity index (χ4n) is 4.40. The Morgan fingerprint density at radius 3 is 2.60 bits per heavy atom. The number of hydrogen-bond acceptors (Lipinski definition) is 2. The minimum atomic E-state index is -3.02. The molecule has 1 atom stereocenters. The molecule has 1 unspecified atom stereocenters. The van der Waals surface area contributed by atoms with Crippen LogP contribution in [0.4, 0.5) is 13.2 Å². The summed E-state index contributed by atoms with van der Waals surface area (Å²) >= 11 is 0. The van der Waals surface area contributed by atoms with E-state index in [9.17, 15) is 18.0 Å². The molecule has 2 aliphatic carbocycles. The van der Waals surface area contributed by atoms with Gasteiger partial charge in [0.2, 0.25) is 5.95 Å². The van der Waals surface area contributed by atoms with Crippen molar-refractivity contribution < 1.29 is 18.0 Å². The summed E-state index contributed by atoms with van der Waals surface area (Å²) in [5.41, 5.74) is 1.91. The maximum atomic E-state index is 14.6. The molecule has 0 aliphatic heterocycles. The van der Waals surface area contributed by atoms with E-state index >= 15 is 0 Å². The third kappa shape index (κ3) is 3.77. The van der Waals surface area contributed by atoms with Gasteiger partial charge < -0.3 is 4.90 Å². The lowest BCUT2D eigenvalue weighted by atomic mass is 9.88. The van der Waals surface area contributed by atoms with Gasteiger partial charge in [-0.25, -0.2) is 13.5 Å². The first-order valence-corrected chi connectivity index (χ1v) is 10.5. The fraction of sp³-hybridized carbons (Fsp3) is 0.478. The monoisotopic (exact) mass is 417 g/mol. The highest BCUT2D eigenvalue weighted by Crippen LogP contribution is 2.40. The lowest BCUT2D eigenvalue weighted by molar-refractivity contribution is 0.0656. The second-order valence-electron chi connectivity index (χ2n) is 8.16. The summed E-state index contributed by atoms with van der Waals surface area (Å²) in [4.78, 5) is 15.0. The van der Waals surface area contributed by atoms with Crippen LogP contribution in [-0.2, 0) is 7.05 Å². The van der Waals surface area contributed by atoms with Crippen molar-refractivity contribution >= 4 is 11.5 Å². The van der Waals surface area contributed by atoms with E-state index in [-0.39, 0.29) is 12.1 Å². The Morgan fingerprint density at radius 2 is 1.97 bits per heavy atom. The minimum absolute atomic E-state index is 0.0778. The molecule has 0 saturated heterocycles. The van der Waals surface area contributed by atoms with Gasteiger partial charge in [0.25, 0.3) is 12.3 Å². The third-order valence-corrected chi connectivity index (χ3v) is 6.06. The van der Waals surface area contributed by atoms with E-state index in [1.807, 2.05) is 31.2 Å². The molecule has 1 aromatic heterocycles. The molecule has 4 nitrogen and oxygen atoms in total. The van der Waals surface area contributed by atoms with Gasteiger partial charge in [-0.15, -0.1) is 0 Å². The van der Waals surface area contributed by atoms with Crippen molar-refractivity contribution in [2.45, 2.75) is 64.0 Å². The first-order valence-electron chi connectivity index (χ1n) is 10.5. The van der Waals surface area contributed by atoms with Crippen LogP contribution in [-0.4, -0.2) is 26.6 Å². The van der Waals surface area contributed by atoms with E-state index in [1.165, 1.54) is 19.0 Å². The summed E-state index contributed by atoms with van der Waals surface area (Å²) in [5.74, 6) is -1.73. The molecular weight excluding hydrogens is 391 g/mol. The Kier molecular flexibility index (Phi) is 5.71. The van der Waals surface area contributed by atoms with Gasteiger partial charge in [-0.3, -0.25) is 4.79 Å². The van der Waals surface area contributed by atoms with E-state index in [0.29, 0.717) is 4.68 Å². The standard InChI is InChI=1S/C23H26F3N3O/c1-14(17-10-6-7-11-18(17)15-8-4-3-5-9-15)29(16-12-13-16)23(30)19-20(21(24)25)27-28(2)22(19)26/h6-8,10-11,14,16,21H,3-5,9,12-13H2,1-2H3. The molecular formula is C23H26F3N3O. The molecule has 1 aromatic carbocycles. The Bertz CT molecular complexity index is 978. The van der Waals surface area contributed by atoms with Crippen molar-refractivity contribution in [3.05, 3.63) is 58.7 Å². The number of hydrogen-bond donors (Lipinski definition) is 0. The lowest BCUT2D eigenvalue weighted by Crippen LogP contribution is -2.37. The average molecular weight is 417 g/mol. The van der Waals surface area contributed by atoms with Crippen LogP contribution in [0.25, 0.3) is 5.57 Å². The Labute approximate surface area is 174 Å². The van der Waals surface area contributed by atoms with E-state index in [4.69, 9.17) is 0 Å². The summed E-state index contributed by atoms with van der Waals surface area (Å²) in [6, 6.07) is 7.48. The second-order valence-corrected chi connectivity index (χ2v) is 8.16. The molecule has 1 fully saturated rings. The van der Waals surface area contributed by atoms with Crippen LogP contribution in [0, 0.1) is 5.95 Å². The van der Waals surface area contributed by atoms with Crippen molar-refractivity contribution in [3.63, 3.8) is 0 Å². The molecule has 0 radical (unpaired) electrons. The predicted octanol–water partition coefficient (Wildman–Crippen LogP) is 5.82. The highest BCUT2D eigenvalue weighted by atomic mass is 19.3. The van der Waals surface area contributed by atoms with Gasteiger partial charge in [0.1, 0.15) is 11.3 Å². The van der Waals surface area contributed by atoms with Gasteiger partial charge in [0, 0.05) is 13.1 Å². The number of allylic oxidation sites excluding steroid dienone is 2. The SMILES string of the molecule is CC(c1ccccc1C1=CCCCC1)N(C(=O)c1c(C(F)F)nn(C)c1F)C1CC1. The quantitative estimate of drug-likeness (QED) is 0.594. The van der Waals surface area contributed by atoms with Crippen molar-refractivity contribution in [2.75, 3.05) is 0 Å². The van der Waals surface area contributed by atoms with Crippen molar-refractivity contribution in [1.29, 1.82) is 0 Å². The molecule has 2 aromatic rings. The number of carbonyl (C=O) groups excluding carboxylic acids is 1. The number of halogens is 3. The molecule has 160 valence electrons. The van der Waals surface area contributed by atoms with Gasteiger partial charge >= 0.3 is 0 Å². The topological polar surface area (TPSA) is 38.1 Å². The van der Waals surface area contributed by atoms with Gasteiger partial charge in [0.05, 0.1) is 6.04 Å². The molecule has 4 rings (SSSR count). The summed E-state index contributed by atoms with van der Waals surface area (Å²) in [7, 11) is 1.23. The number of benzene rings is 1. The van der Waals surface area contributed by atoms with E-state index in [2.05, 4.69) is 11.2 Å². The van der Waals surface area contributed by atoms with Crippen LogP contribution < -0.4 is 0 Å². The van der Waals surface area contributed by atoms with Crippen LogP contribution in [0.5, 0.6) is 0 Å². The minimum Gasteiger partial charge on any atom is -0.329 e. The summed E-state index contributed by atoms with van der Waals surface area (Å²) in [6.07, 6.45) is 5.10. The van der Waals surface area contributed by atoms with Crippen LogP contribution >= 0.6 is 0 Å². The Morgan fingerprint density at radius 1 is 1.23 bits per heavy atom. The molecule has 1 heterocycles. The van der Waals surface area contributed by atoms with Gasteiger partial charge in [0.15, 0.2) is 0 Å². The summed E-state index contributed by atoms with van der Waals surface area (Å²) in [5, 5.41) is 3.55. The van der Waals surface area contributed by atoms with Crippen LogP contribution in [0.3, 0.4) is 0 Å². The number of rotatable bonds is 6. The first-order chi connectivity index (χ1) is 14.4. The zero-order valence-corrected chi connectivity index (χ0v) is 17.2. The molecule has 7 heteroatoms. The average Bonchev–Trinajstić information content (AvgIpc) is 3.53. The first kappa shape index (κ1) is 20.7. The highest BCUT2D eigenvalue weighted by Gasteiger charge is 2.41. The maximum Gasteiger partial charge on any atom is 0.283 e. The van der Waals surface area contributed by atoms with Crippen LogP contribution in [0.1, 0.15) is 85.1 Å². The Hall–Kier alpha value is -2.57. The summed E-state index contributed by atoms with van der Waals surface area (Å²) in [6.45, 7) is 1.90. The zero-order valence-electron chi connectivity index (χ0n) is 17.2. The van der Waals surface area contributed by atoms with Crippen molar-refractivity contribution in [1.82, 2.24) is 14.7 Å². The van der Waals surface area contributed by atoms with E-state index in [1.54, 1.807) is 4.90 Å². The number of carbonyl (C=O) groups is 1. The van der Waals surface area contributed by atoms with E-state index in [0.717, 1.165) is 43.2 Å². The van der Waals surface area contributed by atoms with Crippen LogP contribution in [0.15, 0.2) is 30.3 Å². The Balaban J connectivity index is 1.74. The molecule has 0 spiro atoms. The number of aryl methyl sites for hydroxylation is 1. The number of nitrogens with zero attached hydrogens (tertiary/aromatic N) is 3. The summed E-state index contributed by atoms with van der Waals surface area (Å²) < 4.78 is 42.3. The molecule has 0 N–H and O–H groups in total. The third-order valence-electron chi connectivity index (χ3n) is 6.06. The zero-order chi connectivity index (χ0) is 21.4. The molecule has 30 heavy (non-hydrogen) atoms. The highest BCUT2D eigenvalue weighted by molar-refractivity contribution is 5.96. The number of alkyl halides is 2. The number of aromatic nitrogens is 2. The van der Waals surface area contributed by atoms with Gasteiger partial charge in [-0.2, -0.15) is 9.49 Å². The largest absolute Gasteiger partial charge is 0.329 e. The predicted molar refractivity (Wildman–Crippen MR) is 109 cm³/mol. The van der Waals surface area contributed by atoms with Gasteiger partial charge in [-0.05, 0) is 62.1 Å². The molecule has 2 aliphatic rings. The second kappa shape index (κ2) is 8.28. The fourth-order valence-corrected chi connectivity index (χ4v) is 4.40.